The van der Waals surface area contributed by atoms with Gasteiger partial charge in [0.15, 0.2) is 5.78 Å². The number of rotatable bonds is 2. The molecule has 0 amide bonds. The average Bonchev–Trinajstić information content (AvgIpc) is 2.62. The van der Waals surface area contributed by atoms with Crippen LogP contribution in [-0.2, 0) is 6.61 Å². The fraction of sp³-hybridized carbons (Fsp3) is 0.100. The topological polar surface area (TPSA) is 59.4 Å². The number of phenolic OH excluding ortho intramolecular Hbond substituents is 1. The Morgan fingerprint density at radius 3 is 2.88 bits per heavy atom. The number of ether oxygens (including phenoxy) is 1. The van der Waals surface area contributed by atoms with Crippen molar-refractivity contribution in [2.24, 2.45) is 0 Å². The zero-order chi connectivity index (χ0) is 17.6. The lowest BCUT2D eigenvalue weighted by atomic mass is 9.97. The van der Waals surface area contributed by atoms with E-state index in [0.29, 0.717) is 17.2 Å². The highest BCUT2D eigenvalue weighted by Crippen LogP contribution is 2.38. The third-order valence-corrected chi connectivity index (χ3v) is 4.44. The van der Waals surface area contributed by atoms with Crippen LogP contribution in [0.1, 0.15) is 27.0 Å². The van der Waals surface area contributed by atoms with Crippen LogP contribution in [0.4, 0.5) is 0 Å². The van der Waals surface area contributed by atoms with E-state index in [9.17, 15) is 9.90 Å². The standard InChI is InChI=1S/C20H14ClNO3/c1-11-2-4-17(23)15(6-11)20(24)12-7-13-10-25-18-5-3-14(21)8-16(18)19(13)22-9-12/h2-9,23H,10H2,1H3. The Balaban J connectivity index is 1.78. The molecule has 5 heteroatoms. The molecule has 4 rings (SSSR count). The molecule has 0 aliphatic carbocycles. The number of hydrogen-bond donors (Lipinski definition) is 1. The van der Waals surface area contributed by atoms with Crippen molar-refractivity contribution >= 4 is 17.4 Å². The fourth-order valence-electron chi connectivity index (χ4n) is 2.94. The average molecular weight is 352 g/mol. The number of aromatic hydroxyl groups is 1. The minimum Gasteiger partial charge on any atom is -0.507 e. The Morgan fingerprint density at radius 1 is 1.20 bits per heavy atom. The van der Waals surface area contributed by atoms with Gasteiger partial charge in [-0.1, -0.05) is 23.2 Å². The lowest BCUT2D eigenvalue weighted by Gasteiger charge is -2.20. The lowest BCUT2D eigenvalue weighted by Crippen LogP contribution is -2.10. The van der Waals surface area contributed by atoms with Gasteiger partial charge < -0.3 is 9.84 Å². The Morgan fingerprint density at radius 2 is 2.04 bits per heavy atom. The highest BCUT2D eigenvalue weighted by atomic mass is 35.5. The maximum atomic E-state index is 12.7. The molecular weight excluding hydrogens is 338 g/mol. The van der Waals surface area contributed by atoms with Gasteiger partial charge in [-0.2, -0.15) is 0 Å². The highest BCUT2D eigenvalue weighted by Gasteiger charge is 2.22. The second-order valence-electron chi connectivity index (χ2n) is 6.01. The summed E-state index contributed by atoms with van der Waals surface area (Å²) in [6.07, 6.45) is 1.53. The molecule has 25 heavy (non-hydrogen) atoms. The predicted molar refractivity (Wildman–Crippen MR) is 95.3 cm³/mol. The summed E-state index contributed by atoms with van der Waals surface area (Å²) in [5.41, 5.74) is 3.96. The number of halogens is 1. The van der Waals surface area contributed by atoms with Crippen molar-refractivity contribution < 1.29 is 14.6 Å². The van der Waals surface area contributed by atoms with E-state index in [1.165, 1.54) is 12.3 Å². The summed E-state index contributed by atoms with van der Waals surface area (Å²) >= 11 is 6.07. The van der Waals surface area contributed by atoms with Crippen molar-refractivity contribution in [2.75, 3.05) is 0 Å². The van der Waals surface area contributed by atoms with Crippen LogP contribution >= 0.6 is 11.6 Å². The molecule has 0 fully saturated rings. The summed E-state index contributed by atoms with van der Waals surface area (Å²) in [5, 5.41) is 10.6. The number of fused-ring (bicyclic) bond motifs is 3. The molecule has 0 radical (unpaired) electrons. The minimum atomic E-state index is -0.270. The van der Waals surface area contributed by atoms with Gasteiger partial charge in [0.1, 0.15) is 18.1 Å². The second-order valence-corrected chi connectivity index (χ2v) is 6.45. The van der Waals surface area contributed by atoms with Gasteiger partial charge in [-0.3, -0.25) is 9.78 Å². The molecule has 3 aromatic rings. The van der Waals surface area contributed by atoms with Gasteiger partial charge >= 0.3 is 0 Å². The molecule has 2 aromatic carbocycles. The van der Waals surface area contributed by atoms with E-state index in [0.717, 1.165) is 28.1 Å². The van der Waals surface area contributed by atoms with Crippen LogP contribution in [0.15, 0.2) is 48.7 Å². The Labute approximate surface area is 149 Å². The first kappa shape index (κ1) is 15.7. The largest absolute Gasteiger partial charge is 0.507 e. The van der Waals surface area contributed by atoms with Crippen LogP contribution in [-0.4, -0.2) is 15.9 Å². The number of nitrogens with zero attached hydrogens (tertiary/aromatic N) is 1. The number of carbonyl (C=O) groups excluding carboxylic acids is 1. The summed E-state index contributed by atoms with van der Waals surface area (Å²) in [5.74, 6) is 0.412. The Hall–Kier alpha value is -2.85. The number of pyridine rings is 1. The number of aromatic nitrogens is 1. The monoisotopic (exact) mass is 351 g/mol. The third kappa shape index (κ3) is 2.75. The molecule has 0 saturated carbocycles. The molecule has 0 spiro atoms. The molecule has 0 saturated heterocycles. The van der Waals surface area contributed by atoms with Gasteiger partial charge in [0.05, 0.1) is 11.3 Å². The molecule has 0 atom stereocenters. The molecule has 1 aliphatic heterocycles. The van der Waals surface area contributed by atoms with Crippen LogP contribution < -0.4 is 4.74 Å². The summed E-state index contributed by atoms with van der Waals surface area (Å²) in [4.78, 5) is 17.2. The summed E-state index contributed by atoms with van der Waals surface area (Å²) in [7, 11) is 0. The van der Waals surface area contributed by atoms with E-state index in [-0.39, 0.29) is 17.1 Å². The van der Waals surface area contributed by atoms with E-state index in [2.05, 4.69) is 4.98 Å². The maximum absolute atomic E-state index is 12.7. The molecule has 1 aromatic heterocycles. The summed E-state index contributed by atoms with van der Waals surface area (Å²) < 4.78 is 5.73. The number of ketones is 1. The number of aryl methyl sites for hydroxylation is 1. The van der Waals surface area contributed by atoms with Gasteiger partial charge in [-0.05, 0) is 43.3 Å². The normalized spacial score (nSPS) is 12.1. The van der Waals surface area contributed by atoms with Crippen LogP contribution in [0.2, 0.25) is 5.02 Å². The number of carbonyl (C=O) groups is 1. The first-order valence-electron chi connectivity index (χ1n) is 7.79. The fourth-order valence-corrected chi connectivity index (χ4v) is 3.12. The lowest BCUT2D eigenvalue weighted by molar-refractivity contribution is 0.103. The van der Waals surface area contributed by atoms with Crippen LogP contribution in [0, 0.1) is 6.92 Å². The van der Waals surface area contributed by atoms with Crippen LogP contribution in [0.3, 0.4) is 0 Å². The quantitative estimate of drug-likeness (QED) is 0.689. The van der Waals surface area contributed by atoms with Gasteiger partial charge in [-0.15, -0.1) is 0 Å². The van der Waals surface area contributed by atoms with Crippen molar-refractivity contribution in [1.82, 2.24) is 4.98 Å². The molecule has 124 valence electrons. The number of phenols is 1. The number of benzene rings is 2. The zero-order valence-corrected chi connectivity index (χ0v) is 14.2. The van der Waals surface area contributed by atoms with Gasteiger partial charge in [0, 0.05) is 27.9 Å². The van der Waals surface area contributed by atoms with E-state index in [1.54, 1.807) is 30.3 Å². The molecule has 0 bridgehead atoms. The SMILES string of the molecule is Cc1ccc(O)c(C(=O)c2cnc3c(c2)COc2ccc(Cl)cc2-3)c1. The van der Waals surface area contributed by atoms with Crippen molar-refractivity contribution in [1.29, 1.82) is 0 Å². The van der Waals surface area contributed by atoms with Crippen molar-refractivity contribution in [3.8, 4) is 22.8 Å². The predicted octanol–water partition coefficient (Wildman–Crippen LogP) is 4.54. The van der Waals surface area contributed by atoms with Crippen LogP contribution in [0.25, 0.3) is 11.3 Å². The van der Waals surface area contributed by atoms with E-state index in [1.807, 2.05) is 13.0 Å². The first-order valence-corrected chi connectivity index (χ1v) is 8.16. The molecule has 2 heterocycles. The highest BCUT2D eigenvalue weighted by molar-refractivity contribution is 6.31. The molecule has 1 N–H and O–H groups in total. The van der Waals surface area contributed by atoms with Gasteiger partial charge in [0.25, 0.3) is 0 Å². The number of hydrogen-bond acceptors (Lipinski definition) is 4. The summed E-state index contributed by atoms with van der Waals surface area (Å²) in [6.45, 7) is 2.20. The summed E-state index contributed by atoms with van der Waals surface area (Å²) in [6, 6.07) is 12.1. The third-order valence-electron chi connectivity index (χ3n) is 4.21. The second kappa shape index (κ2) is 5.90. The van der Waals surface area contributed by atoms with Crippen molar-refractivity contribution in [3.63, 3.8) is 0 Å². The Kier molecular flexibility index (Phi) is 3.70. The van der Waals surface area contributed by atoms with E-state index in [4.69, 9.17) is 16.3 Å². The smallest absolute Gasteiger partial charge is 0.198 e. The Bertz CT molecular complexity index is 1010. The van der Waals surface area contributed by atoms with Crippen LogP contribution in [0.5, 0.6) is 11.5 Å². The van der Waals surface area contributed by atoms with E-state index < -0.39 is 0 Å². The van der Waals surface area contributed by atoms with E-state index >= 15 is 0 Å². The minimum absolute atomic E-state index is 0.0401. The molecular formula is C20H14ClNO3. The molecule has 4 nitrogen and oxygen atoms in total. The molecule has 0 unspecified atom stereocenters. The first-order chi connectivity index (χ1) is 12.0. The van der Waals surface area contributed by atoms with Crippen molar-refractivity contribution in [3.05, 3.63) is 75.9 Å². The van der Waals surface area contributed by atoms with Gasteiger partial charge in [-0.25, -0.2) is 0 Å². The zero-order valence-electron chi connectivity index (χ0n) is 13.4. The van der Waals surface area contributed by atoms with Gasteiger partial charge in [0.2, 0.25) is 0 Å². The van der Waals surface area contributed by atoms with Crippen molar-refractivity contribution in [2.45, 2.75) is 13.5 Å². The molecule has 1 aliphatic rings. The maximum Gasteiger partial charge on any atom is 0.198 e.